The molecule has 5 aliphatic rings. The number of carbonyl (C=O) groups excluding carboxylic acids is 3. The Morgan fingerprint density at radius 1 is 1.17 bits per heavy atom. The van der Waals surface area contributed by atoms with E-state index in [2.05, 4.69) is 26.6 Å². The number of nitrogens with one attached hydrogen (secondary N) is 2. The van der Waals surface area contributed by atoms with Gasteiger partial charge in [0.05, 0.1) is 12.0 Å². The van der Waals surface area contributed by atoms with Gasteiger partial charge in [-0.1, -0.05) is 46.3 Å². The Morgan fingerprint density at radius 3 is 2.66 bits per heavy atom. The maximum atomic E-state index is 15.3. The molecule has 0 spiro atoms. The quantitative estimate of drug-likeness (QED) is 0.468. The number of hydrogen-bond acceptors (Lipinski definition) is 5. The first-order valence-corrected chi connectivity index (χ1v) is 14.7. The van der Waals surface area contributed by atoms with E-state index >= 15 is 8.78 Å². The number of aliphatic hydroxyl groups is 1. The number of nitriles is 1. The maximum absolute atomic E-state index is 15.3. The smallest absolute Gasteiger partial charge is 0.264 e. The SMILES string of the molecule is N#C[C@@H](C[C@@H]1CCCNC1=O)NC(=O)[C@H]1[C@H]2CC[C@H](CC2(F)F)N1C(=O)[C@@]1(O)c2ccccc2-c2ccc(Br)cc21. The first-order chi connectivity index (χ1) is 19.6. The van der Waals surface area contributed by atoms with Crippen LogP contribution in [0.15, 0.2) is 46.9 Å². The number of rotatable bonds is 5. The number of benzene rings is 2. The van der Waals surface area contributed by atoms with Gasteiger partial charge in [0.2, 0.25) is 11.8 Å². The molecule has 3 N–H and O–H groups in total. The Labute approximate surface area is 244 Å². The zero-order chi connectivity index (χ0) is 29.1. The highest BCUT2D eigenvalue weighted by Gasteiger charge is 2.63. The standard InChI is InChI=1S/C30H29BrF2N4O4/c31-17-7-9-21-20-5-1-2-6-22(20)30(41,24(21)13-17)28(40)37-19-8-10-23(29(32,33)14-19)25(37)27(39)36-18(15-34)12-16-4-3-11-35-26(16)38/h1-2,5-7,9,13,16,18-19,23,25,41H,3-4,8,10-12,14H2,(H,35,38)(H,36,39)/t16-,18+,19+,23+,25+,30+/m0/s1. The first kappa shape index (κ1) is 27.8. The van der Waals surface area contributed by atoms with Crippen molar-refractivity contribution in [3.63, 3.8) is 0 Å². The van der Waals surface area contributed by atoms with E-state index < -0.39 is 59.7 Å². The Morgan fingerprint density at radius 2 is 1.93 bits per heavy atom. The van der Waals surface area contributed by atoms with E-state index in [0.29, 0.717) is 39.7 Å². The molecule has 0 unspecified atom stereocenters. The van der Waals surface area contributed by atoms with E-state index in [0.717, 1.165) is 11.3 Å². The van der Waals surface area contributed by atoms with Crippen LogP contribution >= 0.6 is 15.9 Å². The van der Waals surface area contributed by atoms with E-state index in [4.69, 9.17) is 0 Å². The van der Waals surface area contributed by atoms with E-state index in [-0.39, 0.29) is 25.2 Å². The van der Waals surface area contributed by atoms with Gasteiger partial charge in [0.1, 0.15) is 12.1 Å². The molecule has 8 nitrogen and oxygen atoms in total. The zero-order valence-electron chi connectivity index (χ0n) is 22.1. The minimum Gasteiger partial charge on any atom is -0.372 e. The zero-order valence-corrected chi connectivity index (χ0v) is 23.7. The number of alkyl halides is 2. The van der Waals surface area contributed by atoms with Crippen LogP contribution in [0.5, 0.6) is 0 Å². The summed E-state index contributed by atoms with van der Waals surface area (Å²) in [6, 6.07) is 10.4. The van der Waals surface area contributed by atoms with Crippen molar-refractivity contribution < 1.29 is 28.3 Å². The molecule has 2 bridgehead atoms. The van der Waals surface area contributed by atoms with E-state index in [1.54, 1.807) is 42.5 Å². The summed E-state index contributed by atoms with van der Waals surface area (Å²) in [5.41, 5.74) is -0.277. The summed E-state index contributed by atoms with van der Waals surface area (Å²) in [4.78, 5) is 41.7. The molecule has 0 aromatic heterocycles. The molecule has 3 heterocycles. The van der Waals surface area contributed by atoms with Gasteiger partial charge in [-0.2, -0.15) is 5.26 Å². The van der Waals surface area contributed by atoms with Crippen molar-refractivity contribution >= 4 is 33.7 Å². The molecule has 7 rings (SSSR count). The Balaban J connectivity index is 1.36. The van der Waals surface area contributed by atoms with Crippen LogP contribution in [0.25, 0.3) is 11.1 Å². The molecule has 3 amide bonds. The highest BCUT2D eigenvalue weighted by Crippen LogP contribution is 2.54. The topological polar surface area (TPSA) is 123 Å². The number of piperidine rings is 3. The number of halogens is 3. The largest absolute Gasteiger partial charge is 0.372 e. The van der Waals surface area contributed by atoms with E-state index in [1.165, 1.54) is 0 Å². The van der Waals surface area contributed by atoms with Gasteiger partial charge in [-0.3, -0.25) is 14.4 Å². The first-order valence-electron chi connectivity index (χ1n) is 13.9. The molecule has 6 atom stereocenters. The molecule has 4 fully saturated rings. The van der Waals surface area contributed by atoms with Gasteiger partial charge in [-0.05, 0) is 55.4 Å². The summed E-state index contributed by atoms with van der Waals surface area (Å²) in [5, 5.41) is 27.3. The second-order valence-corrected chi connectivity index (χ2v) is 12.4. The van der Waals surface area contributed by atoms with Gasteiger partial charge in [0.15, 0.2) is 5.60 Å². The molecule has 0 radical (unpaired) electrons. The average Bonchev–Trinajstić information content (AvgIpc) is 3.21. The van der Waals surface area contributed by atoms with Crippen molar-refractivity contribution in [1.29, 1.82) is 5.26 Å². The summed E-state index contributed by atoms with van der Waals surface area (Å²) in [7, 11) is 0. The number of fused-ring (bicyclic) bond motifs is 6. The summed E-state index contributed by atoms with van der Waals surface area (Å²) in [6.07, 6.45) is 1.01. The lowest BCUT2D eigenvalue weighted by atomic mass is 9.70. The summed E-state index contributed by atoms with van der Waals surface area (Å²) >= 11 is 3.41. The highest BCUT2D eigenvalue weighted by atomic mass is 79.9. The van der Waals surface area contributed by atoms with Gasteiger partial charge < -0.3 is 20.6 Å². The molecule has 2 aromatic carbocycles. The predicted octanol–water partition coefficient (Wildman–Crippen LogP) is 3.60. The van der Waals surface area contributed by atoms with Crippen LogP contribution in [0.4, 0.5) is 8.78 Å². The van der Waals surface area contributed by atoms with Crippen LogP contribution in [0.2, 0.25) is 0 Å². The minimum atomic E-state index is -3.20. The lowest BCUT2D eigenvalue weighted by Gasteiger charge is -2.54. The summed E-state index contributed by atoms with van der Waals surface area (Å²) in [6.45, 7) is 0.544. The van der Waals surface area contributed by atoms with Gasteiger partial charge in [0, 0.05) is 40.5 Å². The van der Waals surface area contributed by atoms with Crippen LogP contribution in [-0.4, -0.2) is 58.3 Å². The second kappa shape index (κ2) is 10.2. The number of nitrogens with zero attached hydrogens (tertiary/aromatic N) is 2. The van der Waals surface area contributed by atoms with Crippen molar-refractivity contribution in [3.8, 4) is 17.2 Å². The predicted molar refractivity (Wildman–Crippen MR) is 147 cm³/mol. The Hall–Kier alpha value is -3.36. The van der Waals surface area contributed by atoms with Gasteiger partial charge in [-0.25, -0.2) is 8.78 Å². The highest BCUT2D eigenvalue weighted by molar-refractivity contribution is 9.10. The van der Waals surface area contributed by atoms with Gasteiger partial charge >= 0.3 is 0 Å². The van der Waals surface area contributed by atoms with Gasteiger partial charge in [0.25, 0.3) is 11.8 Å². The monoisotopic (exact) mass is 626 g/mol. The molecule has 2 aliphatic carbocycles. The fourth-order valence-electron chi connectivity index (χ4n) is 7.19. The van der Waals surface area contributed by atoms with Crippen LogP contribution in [0, 0.1) is 23.2 Å². The Bertz CT molecular complexity index is 1480. The lowest BCUT2D eigenvalue weighted by molar-refractivity contribution is -0.201. The molecule has 41 heavy (non-hydrogen) atoms. The Kier molecular flexibility index (Phi) is 6.90. The number of amides is 3. The van der Waals surface area contributed by atoms with Gasteiger partial charge in [-0.15, -0.1) is 0 Å². The van der Waals surface area contributed by atoms with Crippen LogP contribution < -0.4 is 10.6 Å². The lowest BCUT2D eigenvalue weighted by Crippen LogP contribution is -2.70. The normalized spacial score (nSPS) is 30.0. The summed E-state index contributed by atoms with van der Waals surface area (Å²) in [5.74, 6) is -7.09. The molecular formula is C30H29BrF2N4O4. The molecule has 1 saturated carbocycles. The fourth-order valence-corrected chi connectivity index (χ4v) is 7.55. The maximum Gasteiger partial charge on any atom is 0.264 e. The number of hydrogen-bond donors (Lipinski definition) is 3. The summed E-state index contributed by atoms with van der Waals surface area (Å²) < 4.78 is 31.2. The van der Waals surface area contributed by atoms with Crippen LogP contribution in [0.3, 0.4) is 0 Å². The molecule has 3 aliphatic heterocycles. The fraction of sp³-hybridized carbons (Fsp3) is 0.467. The average molecular weight is 627 g/mol. The minimum absolute atomic E-state index is 0.0267. The molecule has 3 saturated heterocycles. The van der Waals surface area contributed by atoms with Crippen molar-refractivity contribution in [2.45, 2.75) is 68.2 Å². The van der Waals surface area contributed by atoms with E-state index in [9.17, 15) is 24.8 Å². The van der Waals surface area contributed by atoms with Crippen molar-refractivity contribution in [2.75, 3.05) is 6.54 Å². The third-order valence-corrected chi connectivity index (χ3v) is 9.61. The molecule has 214 valence electrons. The molecule has 2 aromatic rings. The molecule has 11 heteroatoms. The van der Waals surface area contributed by atoms with Crippen molar-refractivity contribution in [3.05, 3.63) is 58.1 Å². The van der Waals surface area contributed by atoms with E-state index in [1.807, 2.05) is 6.07 Å². The second-order valence-electron chi connectivity index (χ2n) is 11.5. The number of carbonyl (C=O) groups is 3. The van der Waals surface area contributed by atoms with Crippen LogP contribution in [-0.2, 0) is 20.0 Å². The molecular weight excluding hydrogens is 598 g/mol. The third kappa shape index (κ3) is 4.43. The van der Waals surface area contributed by atoms with Crippen LogP contribution in [0.1, 0.15) is 49.7 Å². The van der Waals surface area contributed by atoms with Crippen molar-refractivity contribution in [2.24, 2.45) is 11.8 Å². The van der Waals surface area contributed by atoms with Crippen molar-refractivity contribution in [1.82, 2.24) is 15.5 Å². The third-order valence-electron chi connectivity index (χ3n) is 9.12.